The zero-order valence-corrected chi connectivity index (χ0v) is 10.9. The second-order valence-corrected chi connectivity index (χ2v) is 5.83. The topological polar surface area (TPSA) is 0 Å². The molecule has 3 aromatic carbocycles. The Morgan fingerprint density at radius 2 is 1.61 bits per heavy atom. The van der Waals surface area contributed by atoms with E-state index in [2.05, 4.69) is 61.5 Å². The highest BCUT2D eigenvalue weighted by atomic mass is 32.1. The number of rotatable bonds is 0. The summed E-state index contributed by atoms with van der Waals surface area (Å²) in [5.74, 6) is 0. The summed E-state index contributed by atoms with van der Waals surface area (Å²) in [6.45, 7) is 2.18. The van der Waals surface area contributed by atoms with E-state index in [-0.39, 0.29) is 0 Å². The molecule has 0 spiro atoms. The fourth-order valence-electron chi connectivity index (χ4n) is 2.65. The lowest BCUT2D eigenvalue weighted by Crippen LogP contribution is -1.77. The van der Waals surface area contributed by atoms with E-state index in [0.29, 0.717) is 0 Å². The third kappa shape index (κ3) is 1.31. The number of benzene rings is 3. The van der Waals surface area contributed by atoms with Crippen molar-refractivity contribution in [3.63, 3.8) is 0 Å². The molecule has 0 aliphatic carbocycles. The zero-order valence-electron chi connectivity index (χ0n) is 10.1. The maximum atomic E-state index is 2.35. The van der Waals surface area contributed by atoms with Crippen molar-refractivity contribution in [2.24, 2.45) is 0 Å². The molecule has 0 aliphatic heterocycles. The number of hydrogen-bond acceptors (Lipinski definition) is 1. The van der Waals surface area contributed by atoms with Crippen LogP contribution < -0.4 is 0 Å². The first-order chi connectivity index (χ1) is 8.83. The molecule has 0 saturated heterocycles. The molecule has 4 rings (SSSR count). The van der Waals surface area contributed by atoms with Crippen LogP contribution in [0.3, 0.4) is 0 Å². The summed E-state index contributed by atoms with van der Waals surface area (Å²) in [6, 6.07) is 19.8. The van der Waals surface area contributed by atoms with E-state index < -0.39 is 0 Å². The Bertz CT molecular complexity index is 884. The average Bonchev–Trinajstić information content (AvgIpc) is 2.75. The van der Waals surface area contributed by atoms with Gasteiger partial charge in [0.25, 0.3) is 0 Å². The Labute approximate surface area is 109 Å². The summed E-state index contributed by atoms with van der Waals surface area (Å²) in [5.41, 5.74) is 1.35. The van der Waals surface area contributed by atoms with E-state index in [0.717, 1.165) is 0 Å². The van der Waals surface area contributed by atoms with E-state index in [1.165, 1.54) is 36.5 Å². The molecule has 0 aliphatic rings. The van der Waals surface area contributed by atoms with Crippen LogP contribution in [0.25, 0.3) is 30.9 Å². The van der Waals surface area contributed by atoms with Gasteiger partial charge in [-0.3, -0.25) is 0 Å². The fraction of sp³-hybridized carbons (Fsp3) is 0.0588. The number of thiophene rings is 1. The Hall–Kier alpha value is -1.86. The van der Waals surface area contributed by atoms with Crippen LogP contribution in [0.15, 0.2) is 54.6 Å². The van der Waals surface area contributed by atoms with Crippen LogP contribution in [-0.4, -0.2) is 0 Å². The highest BCUT2D eigenvalue weighted by Crippen LogP contribution is 2.36. The molecule has 1 heterocycles. The molecule has 0 unspecified atom stereocenters. The number of aryl methyl sites for hydroxylation is 1. The Kier molecular flexibility index (Phi) is 2.00. The largest absolute Gasteiger partial charge is 0.135 e. The average molecular weight is 248 g/mol. The third-order valence-corrected chi connectivity index (χ3v) is 4.73. The first-order valence-electron chi connectivity index (χ1n) is 6.13. The quantitative estimate of drug-likeness (QED) is 0.384. The molecule has 18 heavy (non-hydrogen) atoms. The third-order valence-electron chi connectivity index (χ3n) is 3.60. The first kappa shape index (κ1) is 10.1. The molecule has 0 radical (unpaired) electrons. The van der Waals surface area contributed by atoms with E-state index in [1.54, 1.807) is 0 Å². The highest BCUT2D eigenvalue weighted by Gasteiger charge is 2.06. The zero-order chi connectivity index (χ0) is 12.1. The van der Waals surface area contributed by atoms with E-state index in [4.69, 9.17) is 0 Å². The van der Waals surface area contributed by atoms with Gasteiger partial charge in [-0.15, -0.1) is 11.3 Å². The van der Waals surface area contributed by atoms with E-state index in [1.807, 2.05) is 11.3 Å². The van der Waals surface area contributed by atoms with E-state index >= 15 is 0 Å². The summed E-state index contributed by atoms with van der Waals surface area (Å²) < 4.78 is 2.76. The summed E-state index contributed by atoms with van der Waals surface area (Å²) in [6.07, 6.45) is 0. The summed E-state index contributed by atoms with van der Waals surface area (Å²) in [4.78, 5) is 0. The van der Waals surface area contributed by atoms with Gasteiger partial charge in [0.05, 0.1) is 0 Å². The molecule has 0 atom stereocenters. The van der Waals surface area contributed by atoms with Crippen LogP contribution in [0, 0.1) is 6.92 Å². The van der Waals surface area contributed by atoms with Gasteiger partial charge in [0.1, 0.15) is 0 Å². The molecular formula is C17H12S. The molecule has 0 amide bonds. The van der Waals surface area contributed by atoms with Crippen molar-refractivity contribution < 1.29 is 0 Å². The minimum atomic E-state index is 1.34. The van der Waals surface area contributed by atoms with Crippen molar-refractivity contribution in [3.8, 4) is 0 Å². The molecule has 86 valence electrons. The minimum absolute atomic E-state index is 1.34. The van der Waals surface area contributed by atoms with Gasteiger partial charge in [-0.05, 0) is 41.5 Å². The second-order valence-electron chi connectivity index (χ2n) is 4.74. The van der Waals surface area contributed by atoms with Crippen molar-refractivity contribution in [3.05, 3.63) is 60.2 Å². The molecule has 0 saturated carbocycles. The molecule has 0 nitrogen and oxygen atoms in total. The molecule has 1 heteroatoms. The number of hydrogen-bond donors (Lipinski definition) is 0. The van der Waals surface area contributed by atoms with Gasteiger partial charge in [0, 0.05) is 20.2 Å². The first-order valence-corrected chi connectivity index (χ1v) is 6.95. The standard InChI is InChI=1S/C17H12S/c1-11-5-4-6-12-9-17-15(10-14(11)12)13-7-2-3-8-16(13)18-17/h2-10H,1H3. The van der Waals surface area contributed by atoms with Gasteiger partial charge in [-0.1, -0.05) is 36.4 Å². The lowest BCUT2D eigenvalue weighted by atomic mass is 10.0. The van der Waals surface area contributed by atoms with Crippen LogP contribution in [0.1, 0.15) is 5.56 Å². The molecular weight excluding hydrogens is 236 g/mol. The lowest BCUT2D eigenvalue weighted by Gasteiger charge is -2.02. The number of fused-ring (bicyclic) bond motifs is 4. The SMILES string of the molecule is Cc1cccc2cc3sc4ccccc4c3cc12. The predicted octanol–water partition coefficient (Wildman–Crippen LogP) is 5.52. The maximum Gasteiger partial charge on any atom is 0.0361 e. The van der Waals surface area contributed by atoms with Crippen molar-refractivity contribution >= 4 is 42.3 Å². The molecule has 0 bridgehead atoms. The van der Waals surface area contributed by atoms with Gasteiger partial charge in [-0.2, -0.15) is 0 Å². The van der Waals surface area contributed by atoms with E-state index in [9.17, 15) is 0 Å². The van der Waals surface area contributed by atoms with Crippen LogP contribution in [0.4, 0.5) is 0 Å². The normalized spacial score (nSPS) is 11.6. The van der Waals surface area contributed by atoms with Gasteiger partial charge < -0.3 is 0 Å². The second kappa shape index (κ2) is 3.56. The predicted molar refractivity (Wildman–Crippen MR) is 81.6 cm³/mol. The smallest absolute Gasteiger partial charge is 0.0361 e. The molecule has 0 fully saturated rings. The van der Waals surface area contributed by atoms with Crippen LogP contribution in [0.2, 0.25) is 0 Å². The highest BCUT2D eigenvalue weighted by molar-refractivity contribution is 7.25. The summed E-state index contributed by atoms with van der Waals surface area (Å²) in [7, 11) is 0. The Balaban J connectivity index is 2.28. The lowest BCUT2D eigenvalue weighted by molar-refractivity contribution is 1.54. The monoisotopic (exact) mass is 248 g/mol. The summed E-state index contributed by atoms with van der Waals surface area (Å²) >= 11 is 1.88. The van der Waals surface area contributed by atoms with Crippen LogP contribution in [0.5, 0.6) is 0 Å². The van der Waals surface area contributed by atoms with Gasteiger partial charge in [0.2, 0.25) is 0 Å². The van der Waals surface area contributed by atoms with Crippen LogP contribution >= 0.6 is 11.3 Å². The van der Waals surface area contributed by atoms with Gasteiger partial charge >= 0.3 is 0 Å². The van der Waals surface area contributed by atoms with Crippen LogP contribution in [-0.2, 0) is 0 Å². The molecule has 4 aromatic rings. The molecule has 1 aromatic heterocycles. The summed E-state index contributed by atoms with van der Waals surface area (Å²) in [5, 5.41) is 5.47. The molecule has 0 N–H and O–H groups in total. The minimum Gasteiger partial charge on any atom is -0.135 e. The van der Waals surface area contributed by atoms with Gasteiger partial charge in [-0.25, -0.2) is 0 Å². The van der Waals surface area contributed by atoms with Gasteiger partial charge in [0.15, 0.2) is 0 Å². The van der Waals surface area contributed by atoms with Crippen molar-refractivity contribution in [2.75, 3.05) is 0 Å². The van der Waals surface area contributed by atoms with Crippen molar-refractivity contribution in [1.29, 1.82) is 0 Å². The Morgan fingerprint density at radius 1 is 0.722 bits per heavy atom. The maximum absolute atomic E-state index is 2.35. The van der Waals surface area contributed by atoms with Crippen molar-refractivity contribution in [1.82, 2.24) is 0 Å². The fourth-order valence-corrected chi connectivity index (χ4v) is 3.79. The van der Waals surface area contributed by atoms with Crippen molar-refractivity contribution in [2.45, 2.75) is 6.92 Å². The Morgan fingerprint density at radius 3 is 2.56 bits per heavy atom.